The van der Waals surface area contributed by atoms with Gasteiger partial charge in [0.1, 0.15) is 13.2 Å². The first-order valence-electron chi connectivity index (χ1n) is 32.3. The predicted octanol–water partition coefficient (Wildman–Crippen LogP) is 22.3. The molecular formula is C73H118O6. The molecule has 79 heavy (non-hydrogen) atoms. The summed E-state index contributed by atoms with van der Waals surface area (Å²) in [5.74, 6) is -0.928. The van der Waals surface area contributed by atoms with Crippen molar-refractivity contribution in [2.75, 3.05) is 13.2 Å². The van der Waals surface area contributed by atoms with E-state index in [1.807, 2.05) is 0 Å². The molecule has 0 fully saturated rings. The van der Waals surface area contributed by atoms with Gasteiger partial charge in [0.05, 0.1) is 0 Å². The lowest BCUT2D eigenvalue weighted by Crippen LogP contribution is -2.30. The lowest BCUT2D eigenvalue weighted by molar-refractivity contribution is -0.167. The Hall–Kier alpha value is -4.71. The molecule has 0 saturated heterocycles. The van der Waals surface area contributed by atoms with Gasteiger partial charge in [-0.2, -0.15) is 0 Å². The second kappa shape index (κ2) is 65.8. The van der Waals surface area contributed by atoms with Gasteiger partial charge in [0.2, 0.25) is 0 Å². The van der Waals surface area contributed by atoms with Gasteiger partial charge in [0, 0.05) is 19.3 Å². The Morgan fingerprint density at radius 2 is 0.494 bits per heavy atom. The minimum Gasteiger partial charge on any atom is -0.462 e. The van der Waals surface area contributed by atoms with Crippen LogP contribution in [0, 0.1) is 0 Å². The van der Waals surface area contributed by atoms with E-state index in [0.717, 1.165) is 161 Å². The lowest BCUT2D eigenvalue weighted by Gasteiger charge is -2.18. The first kappa shape index (κ1) is 74.3. The molecule has 1 atom stereocenters. The Bertz CT molecular complexity index is 1730. The highest BCUT2D eigenvalue weighted by Gasteiger charge is 2.19. The van der Waals surface area contributed by atoms with E-state index in [1.165, 1.54) is 77.0 Å². The van der Waals surface area contributed by atoms with Crippen LogP contribution in [0.2, 0.25) is 0 Å². The zero-order valence-corrected chi connectivity index (χ0v) is 51.1. The molecule has 0 aliphatic carbocycles. The Morgan fingerprint density at radius 1 is 0.266 bits per heavy atom. The monoisotopic (exact) mass is 1090 g/mol. The smallest absolute Gasteiger partial charge is 0.306 e. The van der Waals surface area contributed by atoms with E-state index in [0.29, 0.717) is 19.3 Å². The predicted molar refractivity (Wildman–Crippen MR) is 343 cm³/mol. The van der Waals surface area contributed by atoms with Crippen LogP contribution < -0.4 is 0 Å². The van der Waals surface area contributed by atoms with Gasteiger partial charge in [0.25, 0.3) is 0 Å². The average Bonchev–Trinajstić information content (AvgIpc) is 3.45. The number of esters is 3. The zero-order valence-electron chi connectivity index (χ0n) is 51.1. The van der Waals surface area contributed by atoms with Gasteiger partial charge in [-0.05, 0) is 141 Å². The Kier molecular flexibility index (Phi) is 61.9. The van der Waals surface area contributed by atoms with Crippen LogP contribution in [0.15, 0.2) is 146 Å². The standard InChI is InChI=1S/C73H118O6/c1-4-7-10-13-16-19-22-25-27-29-30-31-32-33-34-35-36-37-38-39-40-41-42-44-45-48-51-54-57-60-63-66-72(75)78-69-70(68-77-71(74)65-62-59-56-53-50-47-24-21-18-15-12-9-6-3)79-73(76)67-64-61-58-55-52-49-46-43-28-26-23-20-17-14-11-8-5-2/h7-8,10-11,16-17,19-21,24-28,30-31,33-34,36-37,39-40,42,44,70H,4-6,9,12-15,18,22-23,29,32,35,38,41,43,45-69H2,1-3H3/b10-7-,11-8-,19-16-,20-17-,24-21-,27-25-,28-26-,31-30-,34-33-,37-36-,40-39-,44-42-. The summed E-state index contributed by atoms with van der Waals surface area (Å²) in [6, 6.07) is 0. The molecule has 0 aromatic carbocycles. The van der Waals surface area contributed by atoms with Crippen molar-refractivity contribution in [2.24, 2.45) is 0 Å². The van der Waals surface area contributed by atoms with Crippen molar-refractivity contribution >= 4 is 17.9 Å². The topological polar surface area (TPSA) is 78.9 Å². The summed E-state index contributed by atoms with van der Waals surface area (Å²) in [4.78, 5) is 38.3. The highest BCUT2D eigenvalue weighted by Crippen LogP contribution is 2.15. The summed E-state index contributed by atoms with van der Waals surface area (Å²) in [7, 11) is 0. The van der Waals surface area contributed by atoms with Crippen LogP contribution in [-0.2, 0) is 28.6 Å². The molecular weight excluding hydrogens is 973 g/mol. The van der Waals surface area contributed by atoms with Crippen LogP contribution in [0.4, 0.5) is 0 Å². The van der Waals surface area contributed by atoms with E-state index < -0.39 is 6.10 Å². The SMILES string of the molecule is CC/C=C\C/C=C\C/C=C\C/C=C\C/C=C\C/C=C\C/C=C\C/C=C\CCCCCCCCC(=O)OCC(COC(=O)CCCCCCC/C=C\CCCCCC)OC(=O)CCCCCCCCC/C=C\C/C=C\C/C=C\CC. The number of ether oxygens (including phenoxy) is 3. The van der Waals surface area contributed by atoms with Gasteiger partial charge < -0.3 is 14.2 Å². The molecule has 0 spiro atoms. The fraction of sp³-hybridized carbons (Fsp3) is 0.630. The zero-order chi connectivity index (χ0) is 57.1. The van der Waals surface area contributed by atoms with Crippen LogP contribution in [0.25, 0.3) is 0 Å². The Morgan fingerprint density at radius 3 is 0.785 bits per heavy atom. The molecule has 0 aromatic heterocycles. The largest absolute Gasteiger partial charge is 0.462 e. The molecule has 0 saturated carbocycles. The van der Waals surface area contributed by atoms with Gasteiger partial charge in [-0.1, -0.05) is 263 Å². The molecule has 0 aliphatic rings. The molecule has 0 rings (SSSR count). The number of rotatable bonds is 57. The van der Waals surface area contributed by atoms with Gasteiger partial charge in [-0.15, -0.1) is 0 Å². The number of hydrogen-bond donors (Lipinski definition) is 0. The normalized spacial score (nSPS) is 13.1. The minimum atomic E-state index is -0.800. The van der Waals surface area contributed by atoms with E-state index in [1.54, 1.807) is 0 Å². The summed E-state index contributed by atoms with van der Waals surface area (Å²) < 4.78 is 16.9. The fourth-order valence-electron chi connectivity index (χ4n) is 8.53. The Balaban J connectivity index is 4.36. The number of allylic oxidation sites excluding steroid dienone is 24. The van der Waals surface area contributed by atoms with E-state index >= 15 is 0 Å². The maximum absolute atomic E-state index is 12.9. The highest BCUT2D eigenvalue weighted by molar-refractivity contribution is 5.71. The Labute approximate surface area is 487 Å². The highest BCUT2D eigenvalue weighted by atomic mass is 16.6. The summed E-state index contributed by atoms with van der Waals surface area (Å²) in [5, 5.41) is 0. The van der Waals surface area contributed by atoms with Crippen LogP contribution in [-0.4, -0.2) is 37.2 Å². The van der Waals surface area contributed by atoms with Crippen molar-refractivity contribution in [2.45, 2.75) is 284 Å². The van der Waals surface area contributed by atoms with Crippen molar-refractivity contribution in [1.29, 1.82) is 0 Å². The van der Waals surface area contributed by atoms with Crippen LogP contribution in [0.3, 0.4) is 0 Å². The molecule has 0 aliphatic heterocycles. The first-order chi connectivity index (χ1) is 39.0. The lowest BCUT2D eigenvalue weighted by atomic mass is 10.1. The second-order valence-corrected chi connectivity index (χ2v) is 20.9. The van der Waals surface area contributed by atoms with Crippen molar-refractivity contribution in [3.63, 3.8) is 0 Å². The van der Waals surface area contributed by atoms with Crippen LogP contribution in [0.1, 0.15) is 278 Å². The van der Waals surface area contributed by atoms with Crippen LogP contribution in [0.5, 0.6) is 0 Å². The molecule has 0 amide bonds. The molecule has 1 unspecified atom stereocenters. The van der Waals surface area contributed by atoms with Gasteiger partial charge >= 0.3 is 17.9 Å². The molecule has 0 radical (unpaired) electrons. The molecule has 0 aromatic rings. The van der Waals surface area contributed by atoms with Crippen molar-refractivity contribution in [3.05, 3.63) is 146 Å². The van der Waals surface area contributed by atoms with Crippen molar-refractivity contribution < 1.29 is 28.6 Å². The van der Waals surface area contributed by atoms with Crippen molar-refractivity contribution in [3.8, 4) is 0 Å². The van der Waals surface area contributed by atoms with Gasteiger partial charge in [0.15, 0.2) is 6.10 Å². The third-order valence-corrected chi connectivity index (χ3v) is 13.3. The first-order valence-corrected chi connectivity index (χ1v) is 32.3. The van der Waals surface area contributed by atoms with Crippen molar-refractivity contribution in [1.82, 2.24) is 0 Å². The fourth-order valence-corrected chi connectivity index (χ4v) is 8.53. The molecule has 6 heteroatoms. The van der Waals surface area contributed by atoms with Gasteiger partial charge in [-0.3, -0.25) is 14.4 Å². The molecule has 0 heterocycles. The van der Waals surface area contributed by atoms with Gasteiger partial charge in [-0.25, -0.2) is 0 Å². The molecule has 6 nitrogen and oxygen atoms in total. The van der Waals surface area contributed by atoms with E-state index in [4.69, 9.17) is 14.2 Å². The average molecular weight is 1090 g/mol. The third-order valence-electron chi connectivity index (χ3n) is 13.3. The second-order valence-electron chi connectivity index (χ2n) is 20.9. The van der Waals surface area contributed by atoms with Crippen LogP contribution >= 0.6 is 0 Å². The summed E-state index contributed by atoms with van der Waals surface area (Å²) in [6.45, 7) is 6.37. The minimum absolute atomic E-state index is 0.0951. The van der Waals surface area contributed by atoms with E-state index in [-0.39, 0.29) is 31.1 Å². The summed E-state index contributed by atoms with van der Waals surface area (Å²) >= 11 is 0. The summed E-state index contributed by atoms with van der Waals surface area (Å²) in [6.07, 6.45) is 94.2. The number of carbonyl (C=O) groups is 3. The number of unbranched alkanes of at least 4 members (excludes halogenated alkanes) is 22. The quantitative estimate of drug-likeness (QED) is 0.0261. The maximum Gasteiger partial charge on any atom is 0.306 e. The molecule has 0 N–H and O–H groups in total. The van der Waals surface area contributed by atoms with E-state index in [9.17, 15) is 14.4 Å². The number of carbonyl (C=O) groups excluding carboxylic acids is 3. The maximum atomic E-state index is 12.9. The summed E-state index contributed by atoms with van der Waals surface area (Å²) in [5.41, 5.74) is 0. The number of hydrogen-bond acceptors (Lipinski definition) is 6. The molecule has 0 bridgehead atoms. The molecule has 446 valence electrons. The third kappa shape index (κ3) is 64.0. The van der Waals surface area contributed by atoms with E-state index in [2.05, 4.69) is 167 Å².